The lowest BCUT2D eigenvalue weighted by atomic mass is 10.2. The van der Waals surface area contributed by atoms with Crippen molar-refractivity contribution >= 4 is 45.9 Å². The van der Waals surface area contributed by atoms with Gasteiger partial charge in [-0.1, -0.05) is 41.6 Å². The van der Waals surface area contributed by atoms with Crippen LogP contribution in [0.15, 0.2) is 53.5 Å². The van der Waals surface area contributed by atoms with E-state index < -0.39 is 11.1 Å². The largest absolute Gasteiger partial charge is 0.487 e. The molecule has 0 saturated heterocycles. The molecule has 1 heterocycles. The molecule has 2 aromatic rings. The van der Waals surface area contributed by atoms with Crippen LogP contribution in [0.5, 0.6) is 5.75 Å². The SMILES string of the molecule is O=C(C[C@H]1SC(COc2ccccc2)=NC1=O)Nc1ccc(F)c(Cl)c1. The van der Waals surface area contributed by atoms with Crippen LogP contribution >= 0.6 is 23.4 Å². The van der Waals surface area contributed by atoms with Gasteiger partial charge in [0.1, 0.15) is 28.5 Å². The van der Waals surface area contributed by atoms with Gasteiger partial charge in [0.2, 0.25) is 5.91 Å². The number of para-hydroxylation sites is 1. The third-order valence-corrected chi connectivity index (χ3v) is 4.89. The molecular formula is C18H14ClFN2O3S. The van der Waals surface area contributed by atoms with Gasteiger partial charge >= 0.3 is 0 Å². The number of nitrogens with one attached hydrogen (secondary N) is 1. The van der Waals surface area contributed by atoms with Crippen LogP contribution in [-0.4, -0.2) is 28.7 Å². The second-order valence-electron chi connectivity index (χ2n) is 5.43. The Morgan fingerprint density at radius 1 is 1.27 bits per heavy atom. The number of rotatable bonds is 6. The van der Waals surface area contributed by atoms with E-state index in [0.29, 0.717) is 16.5 Å². The third kappa shape index (κ3) is 4.83. The first-order valence-electron chi connectivity index (χ1n) is 7.72. The van der Waals surface area contributed by atoms with Crippen molar-refractivity contribution in [2.45, 2.75) is 11.7 Å². The number of ether oxygens (including phenoxy) is 1. The zero-order valence-electron chi connectivity index (χ0n) is 13.4. The molecule has 1 aliphatic rings. The Kier molecular flexibility index (Phi) is 5.90. The molecule has 8 heteroatoms. The minimum Gasteiger partial charge on any atom is -0.487 e. The van der Waals surface area contributed by atoms with Gasteiger partial charge in [0.15, 0.2) is 0 Å². The number of carbonyl (C=O) groups excluding carboxylic acids is 2. The Balaban J connectivity index is 1.50. The average molecular weight is 393 g/mol. The highest BCUT2D eigenvalue weighted by atomic mass is 35.5. The summed E-state index contributed by atoms with van der Waals surface area (Å²) < 4.78 is 18.7. The second kappa shape index (κ2) is 8.33. The van der Waals surface area contributed by atoms with Crippen molar-refractivity contribution < 1.29 is 18.7 Å². The fourth-order valence-corrected chi connectivity index (χ4v) is 3.41. The molecule has 0 fully saturated rings. The first-order chi connectivity index (χ1) is 12.5. The number of hydrogen-bond acceptors (Lipinski definition) is 4. The molecule has 0 radical (unpaired) electrons. The molecule has 1 aliphatic heterocycles. The number of halogens is 2. The lowest BCUT2D eigenvalue weighted by molar-refractivity contribution is -0.121. The summed E-state index contributed by atoms with van der Waals surface area (Å²) in [5.41, 5.74) is 0.366. The smallest absolute Gasteiger partial charge is 0.260 e. The Morgan fingerprint density at radius 2 is 2.04 bits per heavy atom. The van der Waals surface area contributed by atoms with Crippen LogP contribution in [0.3, 0.4) is 0 Å². The van der Waals surface area contributed by atoms with Crippen LogP contribution in [0.25, 0.3) is 0 Å². The number of carbonyl (C=O) groups is 2. The van der Waals surface area contributed by atoms with E-state index in [4.69, 9.17) is 16.3 Å². The lowest BCUT2D eigenvalue weighted by Gasteiger charge is -2.09. The summed E-state index contributed by atoms with van der Waals surface area (Å²) in [4.78, 5) is 28.0. The van der Waals surface area contributed by atoms with Gasteiger partial charge < -0.3 is 10.1 Å². The number of aliphatic imine (C=N–C) groups is 1. The van der Waals surface area contributed by atoms with Crippen LogP contribution < -0.4 is 10.1 Å². The molecular weight excluding hydrogens is 379 g/mol. The normalized spacial score (nSPS) is 16.3. The van der Waals surface area contributed by atoms with Gasteiger partial charge in [0.25, 0.3) is 5.91 Å². The van der Waals surface area contributed by atoms with E-state index in [1.807, 2.05) is 18.2 Å². The predicted octanol–water partition coefficient (Wildman–Crippen LogP) is 3.93. The Morgan fingerprint density at radius 3 is 2.77 bits per heavy atom. The lowest BCUT2D eigenvalue weighted by Crippen LogP contribution is -2.21. The summed E-state index contributed by atoms with van der Waals surface area (Å²) in [7, 11) is 0. The maximum Gasteiger partial charge on any atom is 0.260 e. The highest BCUT2D eigenvalue weighted by Crippen LogP contribution is 2.27. The number of benzene rings is 2. The van der Waals surface area contributed by atoms with Crippen molar-refractivity contribution in [1.82, 2.24) is 0 Å². The van der Waals surface area contributed by atoms with E-state index in [1.54, 1.807) is 12.1 Å². The maximum atomic E-state index is 13.1. The number of thioether (sulfide) groups is 1. The molecule has 0 unspecified atom stereocenters. The van der Waals surface area contributed by atoms with E-state index in [9.17, 15) is 14.0 Å². The molecule has 0 saturated carbocycles. The minimum absolute atomic E-state index is 0.0448. The monoisotopic (exact) mass is 392 g/mol. The quantitative estimate of drug-likeness (QED) is 0.808. The molecule has 134 valence electrons. The van der Waals surface area contributed by atoms with Gasteiger partial charge in [0, 0.05) is 12.1 Å². The van der Waals surface area contributed by atoms with Crippen LogP contribution in [0.1, 0.15) is 6.42 Å². The van der Waals surface area contributed by atoms with E-state index in [1.165, 1.54) is 23.9 Å². The molecule has 5 nitrogen and oxygen atoms in total. The van der Waals surface area contributed by atoms with Crippen molar-refractivity contribution in [3.8, 4) is 5.75 Å². The highest BCUT2D eigenvalue weighted by Gasteiger charge is 2.30. The van der Waals surface area contributed by atoms with Crippen LogP contribution in [0, 0.1) is 5.82 Å². The number of nitrogens with zero attached hydrogens (tertiary/aromatic N) is 1. The van der Waals surface area contributed by atoms with Gasteiger partial charge in [-0.05, 0) is 30.3 Å². The molecule has 3 rings (SSSR count). The topological polar surface area (TPSA) is 67.8 Å². The molecule has 2 amide bonds. The predicted molar refractivity (Wildman–Crippen MR) is 100 cm³/mol. The average Bonchev–Trinajstić information content (AvgIpc) is 2.97. The third-order valence-electron chi connectivity index (χ3n) is 3.47. The first kappa shape index (κ1) is 18.4. The molecule has 0 aliphatic carbocycles. The first-order valence-corrected chi connectivity index (χ1v) is 8.98. The number of anilines is 1. The fourth-order valence-electron chi connectivity index (χ4n) is 2.25. The molecule has 26 heavy (non-hydrogen) atoms. The molecule has 0 spiro atoms. The summed E-state index contributed by atoms with van der Waals surface area (Å²) in [6, 6.07) is 13.1. The van der Waals surface area contributed by atoms with Gasteiger partial charge in [-0.15, -0.1) is 0 Å². The standard InChI is InChI=1S/C18H14ClFN2O3S/c19-13-8-11(6-7-14(13)20)21-16(23)9-15-18(24)22-17(26-15)10-25-12-4-2-1-3-5-12/h1-8,15H,9-10H2,(H,21,23)/t15-/m1/s1. The van der Waals surface area contributed by atoms with Gasteiger partial charge in [-0.2, -0.15) is 0 Å². The van der Waals surface area contributed by atoms with E-state index >= 15 is 0 Å². The number of amides is 2. The minimum atomic E-state index is -0.597. The molecule has 0 bridgehead atoms. The fraction of sp³-hybridized carbons (Fsp3) is 0.167. The number of hydrogen-bond donors (Lipinski definition) is 1. The van der Waals surface area contributed by atoms with Gasteiger partial charge in [0.05, 0.1) is 5.02 Å². The summed E-state index contributed by atoms with van der Waals surface area (Å²) in [6.45, 7) is 0.173. The van der Waals surface area contributed by atoms with Crippen molar-refractivity contribution in [1.29, 1.82) is 0 Å². The van der Waals surface area contributed by atoms with E-state index in [-0.39, 0.29) is 29.9 Å². The van der Waals surface area contributed by atoms with Gasteiger partial charge in [-0.25, -0.2) is 9.38 Å². The molecule has 1 N–H and O–H groups in total. The van der Waals surface area contributed by atoms with Crippen molar-refractivity contribution in [2.24, 2.45) is 4.99 Å². The van der Waals surface area contributed by atoms with Crippen molar-refractivity contribution in [3.63, 3.8) is 0 Å². The van der Waals surface area contributed by atoms with Crippen molar-refractivity contribution in [3.05, 3.63) is 59.4 Å². The summed E-state index contributed by atoms with van der Waals surface area (Å²) in [5, 5.41) is 2.44. The van der Waals surface area contributed by atoms with Crippen LogP contribution in [-0.2, 0) is 9.59 Å². The summed E-state index contributed by atoms with van der Waals surface area (Å²) >= 11 is 6.89. The van der Waals surface area contributed by atoms with E-state index in [2.05, 4.69) is 10.3 Å². The van der Waals surface area contributed by atoms with Gasteiger partial charge in [-0.3, -0.25) is 9.59 Å². The highest BCUT2D eigenvalue weighted by molar-refractivity contribution is 8.15. The molecule has 0 aromatic heterocycles. The summed E-state index contributed by atoms with van der Waals surface area (Å²) in [5.74, 6) is -0.631. The Bertz CT molecular complexity index is 861. The Labute approximate surface area is 158 Å². The zero-order chi connectivity index (χ0) is 18.5. The zero-order valence-corrected chi connectivity index (χ0v) is 15.0. The molecule has 2 aromatic carbocycles. The van der Waals surface area contributed by atoms with E-state index in [0.717, 1.165) is 6.07 Å². The Hall–Kier alpha value is -2.38. The van der Waals surface area contributed by atoms with Crippen molar-refractivity contribution in [2.75, 3.05) is 11.9 Å². The van der Waals surface area contributed by atoms with Crippen LogP contribution in [0.2, 0.25) is 5.02 Å². The summed E-state index contributed by atoms with van der Waals surface area (Å²) in [6.07, 6.45) is -0.0448. The van der Waals surface area contributed by atoms with Crippen LogP contribution in [0.4, 0.5) is 10.1 Å². The second-order valence-corrected chi connectivity index (χ2v) is 7.12. The maximum absolute atomic E-state index is 13.1. The molecule has 1 atom stereocenters.